The molecule has 0 bridgehead atoms. The molecule has 6 heteroatoms. The Balaban J connectivity index is 2.33. The van der Waals surface area contributed by atoms with E-state index < -0.39 is 12.7 Å². The number of hydrogen-bond donors (Lipinski definition) is 1. The quantitative estimate of drug-likeness (QED) is 0.769. The Morgan fingerprint density at radius 2 is 1.68 bits per heavy atom. The van der Waals surface area contributed by atoms with E-state index >= 15 is 0 Å². The fourth-order valence-corrected chi connectivity index (χ4v) is 2.44. The molecular formula is C13H26F3N3. The van der Waals surface area contributed by atoms with Crippen LogP contribution in [0.25, 0.3) is 0 Å². The molecule has 3 nitrogen and oxygen atoms in total. The number of likely N-dealkylation sites (N-methyl/N-ethyl adjacent to an activating group) is 1. The average Bonchev–Trinajstić information content (AvgIpc) is 2.59. The minimum Gasteiger partial charge on any atom is -0.318 e. The second-order valence-corrected chi connectivity index (χ2v) is 5.25. The van der Waals surface area contributed by atoms with Gasteiger partial charge in [-0.15, -0.1) is 0 Å². The predicted octanol–water partition coefficient (Wildman–Crippen LogP) is 1.95. The molecule has 1 N–H and O–H groups in total. The van der Waals surface area contributed by atoms with E-state index in [1.807, 2.05) is 0 Å². The van der Waals surface area contributed by atoms with Crippen molar-refractivity contribution >= 4 is 0 Å². The van der Waals surface area contributed by atoms with Crippen LogP contribution in [0.15, 0.2) is 0 Å². The fraction of sp³-hybridized carbons (Fsp3) is 1.00. The summed E-state index contributed by atoms with van der Waals surface area (Å²) in [6.45, 7) is 3.56. The molecule has 1 saturated heterocycles. The average molecular weight is 281 g/mol. The van der Waals surface area contributed by atoms with E-state index in [4.69, 9.17) is 0 Å². The van der Waals surface area contributed by atoms with Crippen LogP contribution in [0.2, 0.25) is 0 Å². The highest BCUT2D eigenvalue weighted by Gasteiger charge is 2.30. The highest BCUT2D eigenvalue weighted by molar-refractivity contribution is 4.69. The van der Waals surface area contributed by atoms with Crippen molar-refractivity contribution in [1.29, 1.82) is 0 Å². The van der Waals surface area contributed by atoms with E-state index in [0.29, 0.717) is 19.6 Å². The second-order valence-electron chi connectivity index (χ2n) is 5.25. The molecule has 1 rings (SSSR count). The summed E-state index contributed by atoms with van der Waals surface area (Å²) in [4.78, 5) is 3.80. The van der Waals surface area contributed by atoms with Gasteiger partial charge in [0.2, 0.25) is 0 Å². The van der Waals surface area contributed by atoms with Gasteiger partial charge in [-0.25, -0.2) is 0 Å². The van der Waals surface area contributed by atoms with Gasteiger partial charge in [0.1, 0.15) is 0 Å². The Kier molecular flexibility index (Phi) is 7.71. The second kappa shape index (κ2) is 8.76. The predicted molar refractivity (Wildman–Crippen MR) is 71.3 cm³/mol. The number of nitrogens with one attached hydrogen (secondary N) is 1. The molecule has 0 atom stereocenters. The van der Waals surface area contributed by atoms with E-state index in [2.05, 4.69) is 10.2 Å². The zero-order chi connectivity index (χ0) is 14.1. The van der Waals surface area contributed by atoms with Crippen LogP contribution in [0.3, 0.4) is 0 Å². The number of hydrogen-bond acceptors (Lipinski definition) is 3. The fourth-order valence-electron chi connectivity index (χ4n) is 2.44. The zero-order valence-corrected chi connectivity index (χ0v) is 11.8. The Labute approximate surface area is 114 Å². The highest BCUT2D eigenvalue weighted by Crippen LogP contribution is 2.16. The van der Waals surface area contributed by atoms with Crippen molar-refractivity contribution in [2.75, 3.05) is 52.9 Å². The lowest BCUT2D eigenvalue weighted by atomic mass is 10.2. The summed E-state index contributed by atoms with van der Waals surface area (Å²) in [6, 6.07) is 0. The molecular weight excluding hydrogens is 255 g/mol. The van der Waals surface area contributed by atoms with Crippen LogP contribution < -0.4 is 5.32 Å². The smallest absolute Gasteiger partial charge is 0.318 e. The molecule has 114 valence electrons. The first-order chi connectivity index (χ1) is 9.01. The first kappa shape index (κ1) is 16.7. The largest absolute Gasteiger partial charge is 0.401 e. The van der Waals surface area contributed by atoms with Crippen molar-refractivity contribution < 1.29 is 13.2 Å². The minimum atomic E-state index is -4.10. The molecule has 19 heavy (non-hydrogen) atoms. The van der Waals surface area contributed by atoms with Gasteiger partial charge in [0.15, 0.2) is 0 Å². The van der Waals surface area contributed by atoms with E-state index in [1.54, 1.807) is 7.05 Å². The number of likely N-dealkylation sites (tertiary alicyclic amines) is 1. The van der Waals surface area contributed by atoms with Crippen LogP contribution in [0, 0.1) is 0 Å². The van der Waals surface area contributed by atoms with Gasteiger partial charge in [0.05, 0.1) is 6.54 Å². The molecule has 0 aliphatic carbocycles. The molecule has 1 fully saturated rings. The lowest BCUT2D eigenvalue weighted by Crippen LogP contribution is -2.42. The standard InChI is InChI=1S/C13H26F3N3/c1-17-6-9-19(12-13(14,15)16)11-10-18-7-4-2-3-5-8-18/h17H,2-12H2,1H3. The molecule has 0 spiro atoms. The van der Waals surface area contributed by atoms with Gasteiger partial charge in [-0.05, 0) is 33.0 Å². The summed E-state index contributed by atoms with van der Waals surface area (Å²) < 4.78 is 37.5. The molecule has 1 heterocycles. The Morgan fingerprint density at radius 1 is 1.05 bits per heavy atom. The van der Waals surface area contributed by atoms with E-state index in [9.17, 15) is 13.2 Å². The van der Waals surface area contributed by atoms with Gasteiger partial charge in [-0.2, -0.15) is 13.2 Å². The summed E-state index contributed by atoms with van der Waals surface area (Å²) in [7, 11) is 1.76. The first-order valence-corrected chi connectivity index (χ1v) is 7.17. The lowest BCUT2D eigenvalue weighted by Gasteiger charge is -2.27. The van der Waals surface area contributed by atoms with Gasteiger partial charge >= 0.3 is 6.18 Å². The third kappa shape index (κ3) is 8.44. The van der Waals surface area contributed by atoms with E-state index in [1.165, 1.54) is 30.6 Å². The molecule has 0 aromatic rings. The third-order valence-electron chi connectivity index (χ3n) is 3.51. The van der Waals surface area contributed by atoms with Crippen molar-refractivity contribution in [3.63, 3.8) is 0 Å². The van der Waals surface area contributed by atoms with Gasteiger partial charge in [-0.1, -0.05) is 12.8 Å². The summed E-state index contributed by atoms with van der Waals surface area (Å²) in [6.07, 6.45) is 0.753. The normalized spacial score (nSPS) is 18.8. The molecule has 0 amide bonds. The lowest BCUT2D eigenvalue weighted by molar-refractivity contribution is -0.146. The topological polar surface area (TPSA) is 18.5 Å². The molecule has 0 saturated carbocycles. The van der Waals surface area contributed by atoms with E-state index in [-0.39, 0.29) is 0 Å². The van der Waals surface area contributed by atoms with Crippen molar-refractivity contribution in [2.24, 2.45) is 0 Å². The Morgan fingerprint density at radius 3 is 2.21 bits per heavy atom. The number of nitrogens with zero attached hydrogens (tertiary/aromatic N) is 2. The molecule has 0 aromatic heterocycles. The summed E-state index contributed by atoms with van der Waals surface area (Å²) in [5, 5.41) is 2.91. The van der Waals surface area contributed by atoms with Gasteiger partial charge < -0.3 is 10.2 Å². The van der Waals surface area contributed by atoms with Crippen LogP contribution in [0.4, 0.5) is 13.2 Å². The zero-order valence-electron chi connectivity index (χ0n) is 11.8. The maximum absolute atomic E-state index is 12.5. The summed E-state index contributed by atoms with van der Waals surface area (Å²) in [5.74, 6) is 0. The Bertz CT molecular complexity index is 226. The first-order valence-electron chi connectivity index (χ1n) is 7.17. The van der Waals surface area contributed by atoms with Crippen LogP contribution in [-0.2, 0) is 0 Å². The van der Waals surface area contributed by atoms with Crippen molar-refractivity contribution in [3.8, 4) is 0 Å². The van der Waals surface area contributed by atoms with Crippen LogP contribution in [-0.4, -0.2) is 68.8 Å². The van der Waals surface area contributed by atoms with E-state index in [0.717, 1.165) is 19.6 Å². The molecule has 0 radical (unpaired) electrons. The molecule has 1 aliphatic rings. The summed E-state index contributed by atoms with van der Waals surface area (Å²) >= 11 is 0. The summed E-state index contributed by atoms with van der Waals surface area (Å²) in [5.41, 5.74) is 0. The molecule has 0 aromatic carbocycles. The van der Waals surface area contributed by atoms with Gasteiger partial charge in [0.25, 0.3) is 0 Å². The van der Waals surface area contributed by atoms with Crippen LogP contribution in [0.1, 0.15) is 25.7 Å². The Hall–Kier alpha value is -0.330. The van der Waals surface area contributed by atoms with Crippen molar-refractivity contribution in [2.45, 2.75) is 31.9 Å². The van der Waals surface area contributed by atoms with Crippen molar-refractivity contribution in [1.82, 2.24) is 15.1 Å². The maximum Gasteiger partial charge on any atom is 0.401 e. The number of rotatable bonds is 7. The molecule has 1 aliphatic heterocycles. The monoisotopic (exact) mass is 281 g/mol. The van der Waals surface area contributed by atoms with Crippen LogP contribution >= 0.6 is 0 Å². The number of alkyl halides is 3. The van der Waals surface area contributed by atoms with Crippen molar-refractivity contribution in [3.05, 3.63) is 0 Å². The number of halogens is 3. The van der Waals surface area contributed by atoms with Gasteiger partial charge in [-0.3, -0.25) is 4.90 Å². The molecule has 0 unspecified atom stereocenters. The SMILES string of the molecule is CNCCN(CCN1CCCCCC1)CC(F)(F)F. The van der Waals surface area contributed by atoms with Gasteiger partial charge in [0, 0.05) is 26.2 Å². The highest BCUT2D eigenvalue weighted by atomic mass is 19.4. The maximum atomic E-state index is 12.5. The van der Waals surface area contributed by atoms with Crippen LogP contribution in [0.5, 0.6) is 0 Å². The minimum absolute atomic E-state index is 0.448. The third-order valence-corrected chi connectivity index (χ3v) is 3.51.